The molecule has 0 unspecified atom stereocenters. The molecule has 2 heterocycles. The molecule has 1 fully saturated rings. The molecule has 1 aliphatic heterocycles. The zero-order valence-corrected chi connectivity index (χ0v) is 13.6. The fourth-order valence-corrected chi connectivity index (χ4v) is 3.33. The van der Waals surface area contributed by atoms with Crippen molar-refractivity contribution in [1.29, 1.82) is 0 Å². The van der Waals surface area contributed by atoms with E-state index in [-0.39, 0.29) is 5.91 Å². The molecule has 1 amide bonds. The summed E-state index contributed by atoms with van der Waals surface area (Å²) in [6, 6.07) is 15.5. The van der Waals surface area contributed by atoms with E-state index >= 15 is 0 Å². The van der Waals surface area contributed by atoms with Gasteiger partial charge >= 0.3 is 0 Å². The largest absolute Gasteiger partial charge is 0.355 e. The molecule has 0 aliphatic carbocycles. The van der Waals surface area contributed by atoms with E-state index in [2.05, 4.69) is 5.16 Å². The fraction of sp³-hybridized carbons (Fsp3) is 0.300. The Labute approximate surface area is 141 Å². The lowest BCUT2D eigenvalue weighted by Gasteiger charge is -2.20. The summed E-state index contributed by atoms with van der Waals surface area (Å²) in [6.45, 7) is 1.71. The van der Waals surface area contributed by atoms with Crippen LogP contribution in [0.5, 0.6) is 0 Å². The Morgan fingerprint density at radius 3 is 2.46 bits per heavy atom. The van der Waals surface area contributed by atoms with E-state index < -0.39 is 0 Å². The average molecular weight is 320 g/mol. The highest BCUT2D eigenvalue weighted by atomic mass is 16.5. The van der Waals surface area contributed by atoms with E-state index in [1.807, 2.05) is 53.4 Å². The maximum Gasteiger partial charge on any atom is 0.253 e. The van der Waals surface area contributed by atoms with Gasteiger partial charge in [0, 0.05) is 24.2 Å². The van der Waals surface area contributed by atoms with E-state index in [0.717, 1.165) is 48.2 Å². The van der Waals surface area contributed by atoms with Crippen molar-refractivity contribution in [3.05, 3.63) is 54.1 Å². The van der Waals surface area contributed by atoms with Gasteiger partial charge in [-0.05, 0) is 31.0 Å². The molecule has 3 aromatic rings. The Bertz CT molecular complexity index is 846. The number of hydrogen-bond acceptors (Lipinski definition) is 3. The van der Waals surface area contributed by atoms with Gasteiger partial charge in [-0.25, -0.2) is 0 Å². The van der Waals surface area contributed by atoms with Crippen molar-refractivity contribution in [1.82, 2.24) is 10.1 Å². The van der Waals surface area contributed by atoms with E-state index in [9.17, 15) is 4.79 Å². The number of hydrogen-bond donors (Lipinski definition) is 0. The highest BCUT2D eigenvalue weighted by molar-refractivity contribution is 6.01. The minimum absolute atomic E-state index is 0.110. The molecule has 4 rings (SSSR count). The van der Waals surface area contributed by atoms with Crippen LogP contribution < -0.4 is 0 Å². The second-order valence-corrected chi connectivity index (χ2v) is 6.32. The highest BCUT2D eigenvalue weighted by Gasteiger charge is 2.19. The van der Waals surface area contributed by atoms with Crippen molar-refractivity contribution < 1.29 is 9.32 Å². The van der Waals surface area contributed by atoms with Crippen LogP contribution in [0.15, 0.2) is 53.1 Å². The third kappa shape index (κ3) is 2.80. The number of aromatic nitrogens is 1. The van der Waals surface area contributed by atoms with Crippen molar-refractivity contribution in [2.45, 2.75) is 25.7 Å². The molecule has 2 aromatic carbocycles. The molecule has 122 valence electrons. The van der Waals surface area contributed by atoms with Gasteiger partial charge in [-0.3, -0.25) is 4.79 Å². The topological polar surface area (TPSA) is 46.3 Å². The first kappa shape index (κ1) is 14.9. The zero-order valence-electron chi connectivity index (χ0n) is 13.6. The van der Waals surface area contributed by atoms with Crippen LogP contribution in [-0.2, 0) is 0 Å². The number of carbonyl (C=O) groups is 1. The number of likely N-dealkylation sites (tertiary alicyclic amines) is 1. The minimum atomic E-state index is 0.110. The smallest absolute Gasteiger partial charge is 0.253 e. The van der Waals surface area contributed by atoms with Crippen molar-refractivity contribution in [2.75, 3.05) is 13.1 Å². The van der Waals surface area contributed by atoms with Crippen LogP contribution in [0, 0.1) is 0 Å². The van der Waals surface area contributed by atoms with Crippen LogP contribution in [0.25, 0.3) is 22.2 Å². The van der Waals surface area contributed by atoms with Crippen molar-refractivity contribution >= 4 is 16.8 Å². The summed E-state index contributed by atoms with van der Waals surface area (Å²) in [7, 11) is 0. The molecule has 1 aliphatic rings. The molecule has 4 heteroatoms. The Morgan fingerprint density at radius 2 is 1.71 bits per heavy atom. The molecule has 24 heavy (non-hydrogen) atoms. The molecule has 0 atom stereocenters. The van der Waals surface area contributed by atoms with E-state index in [1.165, 1.54) is 12.8 Å². The minimum Gasteiger partial charge on any atom is -0.355 e. The Morgan fingerprint density at radius 1 is 0.958 bits per heavy atom. The lowest BCUT2D eigenvalue weighted by molar-refractivity contribution is 0.0762. The van der Waals surface area contributed by atoms with Gasteiger partial charge in [0.15, 0.2) is 5.76 Å². The first-order valence-electron chi connectivity index (χ1n) is 8.57. The summed E-state index contributed by atoms with van der Waals surface area (Å²) in [5.74, 6) is 0.829. The summed E-state index contributed by atoms with van der Waals surface area (Å²) >= 11 is 0. The lowest BCUT2D eigenvalue weighted by Crippen LogP contribution is -2.31. The SMILES string of the molecule is O=C(c1ccc2noc(-c3ccccc3)c2c1)N1CCCCCC1. The molecule has 0 saturated carbocycles. The number of carbonyl (C=O) groups excluding carboxylic acids is 1. The number of fused-ring (bicyclic) bond motifs is 1. The van der Waals surface area contributed by atoms with Crippen molar-refractivity contribution in [3.63, 3.8) is 0 Å². The molecule has 0 spiro atoms. The quantitative estimate of drug-likeness (QED) is 0.698. The Hall–Kier alpha value is -2.62. The van der Waals surface area contributed by atoms with Gasteiger partial charge in [0.1, 0.15) is 5.52 Å². The third-order valence-corrected chi connectivity index (χ3v) is 4.65. The Balaban J connectivity index is 1.71. The fourth-order valence-electron chi connectivity index (χ4n) is 3.33. The average Bonchev–Trinajstić information content (AvgIpc) is 2.86. The van der Waals surface area contributed by atoms with Gasteiger partial charge in [-0.2, -0.15) is 0 Å². The summed E-state index contributed by atoms with van der Waals surface area (Å²) in [4.78, 5) is 14.8. The predicted octanol–water partition coefficient (Wildman–Crippen LogP) is 4.51. The van der Waals surface area contributed by atoms with Gasteiger partial charge in [0.05, 0.1) is 5.39 Å². The number of nitrogens with zero attached hydrogens (tertiary/aromatic N) is 2. The van der Waals surface area contributed by atoms with Gasteiger partial charge in [0.2, 0.25) is 0 Å². The number of rotatable bonds is 2. The van der Waals surface area contributed by atoms with Crippen LogP contribution >= 0.6 is 0 Å². The second kappa shape index (κ2) is 6.48. The van der Waals surface area contributed by atoms with Crippen molar-refractivity contribution in [2.24, 2.45) is 0 Å². The summed E-state index contributed by atoms with van der Waals surface area (Å²) < 4.78 is 5.53. The monoisotopic (exact) mass is 320 g/mol. The maximum atomic E-state index is 12.8. The van der Waals surface area contributed by atoms with E-state index in [1.54, 1.807) is 0 Å². The molecule has 1 saturated heterocycles. The molecule has 0 N–H and O–H groups in total. The first-order chi connectivity index (χ1) is 11.8. The molecule has 1 aromatic heterocycles. The molecular weight excluding hydrogens is 300 g/mol. The molecule has 4 nitrogen and oxygen atoms in total. The lowest BCUT2D eigenvalue weighted by atomic mass is 10.1. The van der Waals surface area contributed by atoms with Crippen molar-refractivity contribution in [3.8, 4) is 11.3 Å². The van der Waals surface area contributed by atoms with Crippen LogP contribution in [-0.4, -0.2) is 29.1 Å². The summed E-state index contributed by atoms with van der Waals surface area (Å²) in [6.07, 6.45) is 4.62. The second-order valence-electron chi connectivity index (χ2n) is 6.32. The van der Waals surface area contributed by atoms with Crippen LogP contribution in [0.1, 0.15) is 36.0 Å². The zero-order chi connectivity index (χ0) is 16.4. The van der Waals surface area contributed by atoms with Crippen LogP contribution in [0.3, 0.4) is 0 Å². The first-order valence-corrected chi connectivity index (χ1v) is 8.57. The summed E-state index contributed by atoms with van der Waals surface area (Å²) in [5.41, 5.74) is 2.46. The van der Waals surface area contributed by atoms with Gasteiger partial charge < -0.3 is 9.42 Å². The predicted molar refractivity (Wildman–Crippen MR) is 93.8 cm³/mol. The normalized spacial score (nSPS) is 15.4. The highest BCUT2D eigenvalue weighted by Crippen LogP contribution is 2.29. The molecule has 0 bridgehead atoms. The maximum absolute atomic E-state index is 12.8. The van der Waals surface area contributed by atoms with Crippen LogP contribution in [0.4, 0.5) is 0 Å². The number of amides is 1. The van der Waals surface area contributed by atoms with Gasteiger partial charge in [-0.1, -0.05) is 48.3 Å². The van der Waals surface area contributed by atoms with Gasteiger partial charge in [-0.15, -0.1) is 0 Å². The Kier molecular flexibility index (Phi) is 4.03. The molecular formula is C20H20N2O2. The standard InChI is InChI=1S/C20H20N2O2/c23-20(22-12-6-1-2-7-13-22)16-10-11-18-17(14-16)19(24-21-18)15-8-4-3-5-9-15/h3-5,8-11,14H,1-2,6-7,12-13H2. The van der Waals surface area contributed by atoms with E-state index in [0.29, 0.717) is 5.56 Å². The van der Waals surface area contributed by atoms with Gasteiger partial charge in [0.25, 0.3) is 5.91 Å². The molecule has 0 radical (unpaired) electrons. The van der Waals surface area contributed by atoms with Crippen LogP contribution in [0.2, 0.25) is 0 Å². The third-order valence-electron chi connectivity index (χ3n) is 4.65. The van der Waals surface area contributed by atoms with E-state index in [4.69, 9.17) is 4.52 Å². The summed E-state index contributed by atoms with van der Waals surface area (Å²) in [5, 5.41) is 5.01. The number of benzene rings is 2.